The van der Waals surface area contributed by atoms with E-state index in [1.165, 1.54) is 19.2 Å². The molecular formula is C18H17NO6S. The van der Waals surface area contributed by atoms with Gasteiger partial charge in [0.1, 0.15) is 10.6 Å². The maximum absolute atomic E-state index is 13.0. The second-order valence-electron chi connectivity index (χ2n) is 5.91. The summed E-state index contributed by atoms with van der Waals surface area (Å²) in [5, 5.41) is 9.13. The Bertz CT molecular complexity index is 955. The van der Waals surface area contributed by atoms with Crippen LogP contribution in [0.2, 0.25) is 0 Å². The van der Waals surface area contributed by atoms with Gasteiger partial charge in [0.2, 0.25) is 5.91 Å². The average Bonchev–Trinajstić information content (AvgIpc) is 3.04. The minimum absolute atomic E-state index is 0.00559. The van der Waals surface area contributed by atoms with Crippen LogP contribution in [0, 0.1) is 0 Å². The summed E-state index contributed by atoms with van der Waals surface area (Å²) in [5.41, 5.74) is 0.681. The number of hydrogen-bond acceptors (Lipinski definition) is 5. The van der Waals surface area contributed by atoms with E-state index in [0.29, 0.717) is 0 Å². The molecule has 0 unspecified atom stereocenters. The molecule has 0 spiro atoms. The van der Waals surface area contributed by atoms with Crippen LogP contribution in [-0.4, -0.2) is 43.4 Å². The summed E-state index contributed by atoms with van der Waals surface area (Å²) in [7, 11) is -2.95. The molecule has 0 aliphatic carbocycles. The fourth-order valence-corrected chi connectivity index (χ4v) is 4.63. The third-order valence-corrected chi connectivity index (χ3v) is 6.14. The molecule has 0 bridgehead atoms. The van der Waals surface area contributed by atoms with E-state index >= 15 is 0 Å². The van der Waals surface area contributed by atoms with Crippen LogP contribution in [0.15, 0.2) is 53.4 Å². The van der Waals surface area contributed by atoms with Gasteiger partial charge in [-0.3, -0.25) is 4.79 Å². The van der Waals surface area contributed by atoms with Gasteiger partial charge in [0.05, 0.1) is 12.7 Å². The van der Waals surface area contributed by atoms with Crippen molar-refractivity contribution >= 4 is 21.9 Å². The number of carboxylic acid groups (broad SMARTS) is 1. The smallest absolute Gasteiger partial charge is 0.335 e. The first-order valence-electron chi connectivity index (χ1n) is 7.86. The lowest BCUT2D eigenvalue weighted by atomic mass is 9.99. The molecular weight excluding hydrogens is 358 g/mol. The fourth-order valence-electron chi connectivity index (χ4n) is 2.99. The summed E-state index contributed by atoms with van der Waals surface area (Å²) in [6.07, 6.45) is 0.0736. The molecule has 1 atom stereocenters. The Labute approximate surface area is 150 Å². The molecule has 0 aromatic heterocycles. The highest BCUT2D eigenvalue weighted by Crippen LogP contribution is 2.35. The van der Waals surface area contributed by atoms with Gasteiger partial charge in [0.25, 0.3) is 10.0 Å². The lowest BCUT2D eigenvalue weighted by molar-refractivity contribution is -0.123. The number of rotatable bonds is 5. The molecule has 1 heterocycles. The van der Waals surface area contributed by atoms with Crippen LogP contribution in [0.4, 0.5) is 0 Å². The van der Waals surface area contributed by atoms with Gasteiger partial charge in [0, 0.05) is 18.9 Å². The minimum Gasteiger partial charge on any atom is -0.495 e. The highest BCUT2D eigenvalue weighted by atomic mass is 32.2. The molecule has 2 aromatic rings. The van der Waals surface area contributed by atoms with E-state index in [0.717, 1.165) is 15.9 Å². The van der Waals surface area contributed by atoms with Crippen molar-refractivity contribution in [3.05, 3.63) is 59.7 Å². The Morgan fingerprint density at radius 3 is 2.50 bits per heavy atom. The molecule has 1 aliphatic rings. The molecule has 0 radical (unpaired) electrons. The average molecular weight is 375 g/mol. The summed E-state index contributed by atoms with van der Waals surface area (Å²) in [4.78, 5) is 23.2. The zero-order chi connectivity index (χ0) is 18.9. The summed E-state index contributed by atoms with van der Waals surface area (Å²) in [6, 6.07) is 12.7. The van der Waals surface area contributed by atoms with Crippen LogP contribution in [0.5, 0.6) is 5.75 Å². The van der Waals surface area contributed by atoms with E-state index in [-0.39, 0.29) is 35.1 Å². The fraction of sp³-hybridized carbons (Fsp3) is 0.222. The van der Waals surface area contributed by atoms with Crippen LogP contribution in [0.25, 0.3) is 0 Å². The van der Waals surface area contributed by atoms with E-state index in [2.05, 4.69) is 0 Å². The van der Waals surface area contributed by atoms with E-state index in [4.69, 9.17) is 9.84 Å². The van der Waals surface area contributed by atoms with Gasteiger partial charge >= 0.3 is 5.97 Å². The first-order chi connectivity index (χ1) is 12.3. The summed E-state index contributed by atoms with van der Waals surface area (Å²) in [5.74, 6) is -2.04. The molecule has 3 rings (SSSR count). The largest absolute Gasteiger partial charge is 0.495 e. The second-order valence-corrected chi connectivity index (χ2v) is 7.74. The van der Waals surface area contributed by atoms with Gasteiger partial charge in [-0.05, 0) is 23.8 Å². The molecule has 2 aromatic carbocycles. The first-order valence-corrected chi connectivity index (χ1v) is 9.30. The Balaban J connectivity index is 1.99. The zero-order valence-electron chi connectivity index (χ0n) is 14.0. The van der Waals surface area contributed by atoms with Crippen LogP contribution >= 0.6 is 0 Å². The normalized spacial score (nSPS) is 17.3. The Morgan fingerprint density at radius 2 is 1.88 bits per heavy atom. The maximum Gasteiger partial charge on any atom is 0.335 e. The quantitative estimate of drug-likeness (QED) is 0.859. The van der Waals surface area contributed by atoms with Crippen molar-refractivity contribution in [3.63, 3.8) is 0 Å². The van der Waals surface area contributed by atoms with Gasteiger partial charge in [-0.25, -0.2) is 17.5 Å². The number of methoxy groups -OCH3 is 1. The van der Waals surface area contributed by atoms with E-state index in [1.54, 1.807) is 0 Å². The van der Waals surface area contributed by atoms with E-state index in [9.17, 15) is 18.0 Å². The van der Waals surface area contributed by atoms with Crippen LogP contribution in [-0.2, 0) is 14.8 Å². The van der Waals surface area contributed by atoms with Crippen LogP contribution in [0.1, 0.15) is 28.3 Å². The van der Waals surface area contributed by atoms with Crippen LogP contribution in [0.3, 0.4) is 0 Å². The number of nitrogens with zero attached hydrogens (tertiary/aromatic N) is 1. The van der Waals surface area contributed by atoms with Gasteiger partial charge in [-0.1, -0.05) is 30.3 Å². The third-order valence-electron chi connectivity index (χ3n) is 4.33. The van der Waals surface area contributed by atoms with Crippen molar-refractivity contribution in [3.8, 4) is 5.75 Å². The predicted octanol–water partition coefficient (Wildman–Crippen LogP) is 2.10. The van der Waals surface area contributed by atoms with Gasteiger partial charge in [-0.15, -0.1) is 0 Å². The monoisotopic (exact) mass is 375 g/mol. The molecule has 1 N–H and O–H groups in total. The molecule has 1 aliphatic heterocycles. The second kappa shape index (κ2) is 6.80. The third kappa shape index (κ3) is 3.15. The molecule has 8 heteroatoms. The molecule has 0 saturated carbocycles. The number of ether oxygens (including phenoxy) is 1. The standard InChI is InChI=1S/C18H17NO6S/c1-25-15-8-7-13(18(21)22)9-16(15)26(23,24)19-11-14(10-17(19)20)12-5-3-2-4-6-12/h2-9,14H,10-11H2,1H3,(H,21,22)/t14-/m0/s1. The highest BCUT2D eigenvalue weighted by molar-refractivity contribution is 7.89. The van der Waals surface area contributed by atoms with Crippen molar-refractivity contribution in [1.82, 2.24) is 4.31 Å². The van der Waals surface area contributed by atoms with E-state index < -0.39 is 21.9 Å². The number of aromatic carboxylic acids is 1. The number of carbonyl (C=O) groups excluding carboxylic acids is 1. The molecule has 1 fully saturated rings. The summed E-state index contributed by atoms with van der Waals surface area (Å²) in [6.45, 7) is 0.00559. The highest BCUT2D eigenvalue weighted by Gasteiger charge is 2.40. The lowest BCUT2D eigenvalue weighted by Crippen LogP contribution is -2.32. The molecule has 7 nitrogen and oxygen atoms in total. The predicted molar refractivity (Wildman–Crippen MR) is 92.7 cm³/mol. The van der Waals surface area contributed by atoms with Gasteiger partial charge < -0.3 is 9.84 Å². The van der Waals surface area contributed by atoms with Crippen molar-refractivity contribution < 1.29 is 27.9 Å². The Morgan fingerprint density at radius 1 is 1.19 bits per heavy atom. The SMILES string of the molecule is COc1ccc(C(=O)O)cc1S(=O)(=O)N1C[C@@H](c2ccccc2)CC1=O. The van der Waals surface area contributed by atoms with Crippen molar-refractivity contribution in [2.24, 2.45) is 0 Å². The maximum atomic E-state index is 13.0. The molecule has 1 amide bonds. The topological polar surface area (TPSA) is 101 Å². The van der Waals surface area contributed by atoms with Crippen molar-refractivity contribution in [2.75, 3.05) is 13.7 Å². The van der Waals surface area contributed by atoms with E-state index in [1.807, 2.05) is 30.3 Å². The molecule has 26 heavy (non-hydrogen) atoms. The number of amides is 1. The summed E-state index contributed by atoms with van der Waals surface area (Å²) < 4.78 is 31.9. The number of hydrogen-bond donors (Lipinski definition) is 1. The van der Waals surface area contributed by atoms with Crippen molar-refractivity contribution in [2.45, 2.75) is 17.2 Å². The Kier molecular flexibility index (Phi) is 4.69. The van der Waals surface area contributed by atoms with Gasteiger partial charge in [0.15, 0.2) is 0 Å². The van der Waals surface area contributed by atoms with Gasteiger partial charge in [-0.2, -0.15) is 0 Å². The number of carbonyl (C=O) groups is 2. The zero-order valence-corrected chi connectivity index (χ0v) is 14.8. The molecule has 136 valence electrons. The van der Waals surface area contributed by atoms with Crippen LogP contribution < -0.4 is 4.74 Å². The Hall–Kier alpha value is -2.87. The lowest BCUT2D eigenvalue weighted by Gasteiger charge is -2.19. The number of sulfonamides is 1. The number of benzene rings is 2. The first kappa shape index (κ1) is 17.9. The van der Waals surface area contributed by atoms with Crippen molar-refractivity contribution in [1.29, 1.82) is 0 Å². The minimum atomic E-state index is -4.23. The summed E-state index contributed by atoms with van der Waals surface area (Å²) >= 11 is 0. The molecule has 1 saturated heterocycles. The number of carboxylic acids is 1.